The Balaban J connectivity index is 1.81. The smallest absolute Gasteiger partial charge is 0.107 e. The van der Waals surface area contributed by atoms with Crippen LogP contribution in [0.1, 0.15) is 6.92 Å². The molecule has 1 aliphatic heterocycles. The lowest BCUT2D eigenvalue weighted by Gasteiger charge is -2.21. The maximum Gasteiger partial charge on any atom is 0.107 e. The van der Waals surface area contributed by atoms with E-state index >= 15 is 0 Å². The predicted octanol–water partition coefficient (Wildman–Crippen LogP) is 2.82. The van der Waals surface area contributed by atoms with E-state index in [0.717, 1.165) is 6.67 Å². The third-order valence-corrected chi connectivity index (χ3v) is 3.26. The van der Waals surface area contributed by atoms with Crippen molar-refractivity contribution in [2.45, 2.75) is 13.1 Å². The Labute approximate surface area is 108 Å². The molecule has 0 aliphatic carbocycles. The normalized spacial score (nSPS) is 19.3. The Morgan fingerprint density at radius 2 is 1.44 bits per heavy atom. The highest BCUT2D eigenvalue weighted by Crippen LogP contribution is 2.23. The lowest BCUT2D eigenvalue weighted by molar-refractivity contribution is 0.639. The first-order valence-electron chi connectivity index (χ1n) is 6.25. The first-order chi connectivity index (χ1) is 8.84. The quantitative estimate of drug-likeness (QED) is 0.869. The van der Waals surface area contributed by atoms with Gasteiger partial charge in [-0.05, 0) is 31.2 Å². The molecule has 2 aromatic carbocycles. The van der Waals surface area contributed by atoms with Crippen LogP contribution in [0.3, 0.4) is 0 Å². The molecule has 1 unspecified atom stereocenters. The van der Waals surface area contributed by atoms with Gasteiger partial charge < -0.3 is 4.90 Å². The van der Waals surface area contributed by atoms with Crippen molar-refractivity contribution in [3.63, 3.8) is 0 Å². The van der Waals surface area contributed by atoms with Crippen LogP contribution in [-0.2, 0) is 0 Å². The summed E-state index contributed by atoms with van der Waals surface area (Å²) >= 11 is 0. The Bertz CT molecular complexity index is 498. The molecule has 1 fully saturated rings. The second-order valence-corrected chi connectivity index (χ2v) is 4.52. The second-order valence-electron chi connectivity index (χ2n) is 4.52. The summed E-state index contributed by atoms with van der Waals surface area (Å²) in [4.78, 5) is 2.34. The SMILES string of the molecule is CC1NN(c2ccccc2)CN1c1ccccc1. The van der Waals surface area contributed by atoms with Crippen molar-refractivity contribution in [1.29, 1.82) is 0 Å². The van der Waals surface area contributed by atoms with Gasteiger partial charge in [-0.25, -0.2) is 5.43 Å². The molecule has 1 N–H and O–H groups in total. The monoisotopic (exact) mass is 239 g/mol. The van der Waals surface area contributed by atoms with Gasteiger partial charge in [0.05, 0.1) is 11.9 Å². The highest BCUT2D eigenvalue weighted by Gasteiger charge is 2.26. The van der Waals surface area contributed by atoms with E-state index in [-0.39, 0.29) is 0 Å². The Hall–Kier alpha value is -2.00. The number of hydrogen-bond donors (Lipinski definition) is 1. The predicted molar refractivity (Wildman–Crippen MR) is 75.3 cm³/mol. The zero-order chi connectivity index (χ0) is 12.4. The van der Waals surface area contributed by atoms with E-state index in [1.807, 2.05) is 12.1 Å². The van der Waals surface area contributed by atoms with E-state index in [9.17, 15) is 0 Å². The fourth-order valence-electron chi connectivity index (χ4n) is 2.30. The summed E-state index contributed by atoms with van der Waals surface area (Å²) in [5.41, 5.74) is 5.92. The van der Waals surface area contributed by atoms with E-state index in [4.69, 9.17) is 0 Å². The van der Waals surface area contributed by atoms with E-state index in [1.165, 1.54) is 11.4 Å². The van der Waals surface area contributed by atoms with Crippen molar-refractivity contribution < 1.29 is 0 Å². The molecule has 0 spiro atoms. The number of hydrazine groups is 1. The van der Waals surface area contributed by atoms with Gasteiger partial charge in [-0.3, -0.25) is 5.01 Å². The topological polar surface area (TPSA) is 18.5 Å². The van der Waals surface area contributed by atoms with Crippen LogP contribution in [0.15, 0.2) is 60.7 Å². The van der Waals surface area contributed by atoms with Crippen LogP contribution in [0.5, 0.6) is 0 Å². The largest absolute Gasteiger partial charge is 0.336 e. The maximum absolute atomic E-state index is 3.48. The molecular formula is C15H17N3. The Morgan fingerprint density at radius 3 is 2.06 bits per heavy atom. The molecule has 0 amide bonds. The minimum Gasteiger partial charge on any atom is -0.336 e. The van der Waals surface area contributed by atoms with Gasteiger partial charge in [-0.15, -0.1) is 0 Å². The van der Waals surface area contributed by atoms with Crippen molar-refractivity contribution in [1.82, 2.24) is 5.43 Å². The zero-order valence-corrected chi connectivity index (χ0v) is 10.5. The second kappa shape index (κ2) is 4.70. The molecule has 92 valence electrons. The van der Waals surface area contributed by atoms with Gasteiger partial charge in [0.2, 0.25) is 0 Å². The van der Waals surface area contributed by atoms with Gasteiger partial charge in [-0.1, -0.05) is 36.4 Å². The van der Waals surface area contributed by atoms with Gasteiger partial charge in [-0.2, -0.15) is 0 Å². The first kappa shape index (κ1) is 11.1. The van der Waals surface area contributed by atoms with Gasteiger partial charge in [0.15, 0.2) is 0 Å². The minimum atomic E-state index is 0.299. The van der Waals surface area contributed by atoms with Gasteiger partial charge in [0.25, 0.3) is 0 Å². The number of rotatable bonds is 2. The van der Waals surface area contributed by atoms with Crippen LogP contribution in [0.2, 0.25) is 0 Å². The zero-order valence-electron chi connectivity index (χ0n) is 10.5. The summed E-state index contributed by atoms with van der Waals surface area (Å²) in [7, 11) is 0. The minimum absolute atomic E-state index is 0.299. The summed E-state index contributed by atoms with van der Waals surface area (Å²) in [5, 5.41) is 2.18. The van der Waals surface area contributed by atoms with Crippen molar-refractivity contribution >= 4 is 11.4 Å². The number of nitrogens with zero attached hydrogens (tertiary/aromatic N) is 2. The summed E-state index contributed by atoms with van der Waals surface area (Å²) in [5.74, 6) is 0. The molecule has 1 atom stereocenters. The fraction of sp³-hybridized carbons (Fsp3) is 0.200. The first-order valence-corrected chi connectivity index (χ1v) is 6.25. The van der Waals surface area contributed by atoms with E-state index in [2.05, 4.69) is 70.8 Å². The number of nitrogens with one attached hydrogen (secondary N) is 1. The highest BCUT2D eigenvalue weighted by atomic mass is 15.7. The molecule has 2 aromatic rings. The third kappa shape index (κ3) is 2.05. The molecule has 18 heavy (non-hydrogen) atoms. The average Bonchev–Trinajstić information content (AvgIpc) is 2.83. The van der Waals surface area contributed by atoms with Crippen LogP contribution >= 0.6 is 0 Å². The molecule has 0 bridgehead atoms. The van der Waals surface area contributed by atoms with Crippen LogP contribution in [0.25, 0.3) is 0 Å². The van der Waals surface area contributed by atoms with Crippen LogP contribution in [0.4, 0.5) is 11.4 Å². The summed E-state index contributed by atoms with van der Waals surface area (Å²) in [6.45, 7) is 3.03. The number of para-hydroxylation sites is 2. The molecule has 3 nitrogen and oxygen atoms in total. The molecule has 0 aromatic heterocycles. The van der Waals surface area contributed by atoms with Crippen molar-refractivity contribution in [2.75, 3.05) is 16.6 Å². The molecule has 0 radical (unpaired) electrons. The standard InChI is InChI=1S/C15H17N3/c1-13-16-18(15-10-6-3-7-11-15)12-17(13)14-8-4-2-5-9-14/h2-11,13,16H,12H2,1H3. The van der Waals surface area contributed by atoms with Crippen molar-refractivity contribution in [3.8, 4) is 0 Å². The summed E-state index contributed by atoms with van der Waals surface area (Å²) in [6, 6.07) is 20.9. The van der Waals surface area contributed by atoms with Crippen molar-refractivity contribution in [3.05, 3.63) is 60.7 Å². The lowest BCUT2D eigenvalue weighted by atomic mass is 10.3. The molecule has 1 heterocycles. The molecule has 3 rings (SSSR count). The van der Waals surface area contributed by atoms with Crippen LogP contribution < -0.4 is 15.3 Å². The fourth-order valence-corrected chi connectivity index (χ4v) is 2.30. The van der Waals surface area contributed by atoms with E-state index in [0.29, 0.717) is 6.17 Å². The Kier molecular flexibility index (Phi) is 2.90. The van der Waals surface area contributed by atoms with Crippen LogP contribution in [0, 0.1) is 0 Å². The maximum atomic E-state index is 3.48. The average molecular weight is 239 g/mol. The van der Waals surface area contributed by atoms with E-state index in [1.54, 1.807) is 0 Å². The molecule has 3 heteroatoms. The molecule has 1 saturated heterocycles. The Morgan fingerprint density at radius 1 is 0.889 bits per heavy atom. The molecule has 1 aliphatic rings. The van der Waals surface area contributed by atoms with Gasteiger partial charge >= 0.3 is 0 Å². The lowest BCUT2D eigenvalue weighted by Crippen LogP contribution is -2.35. The molecular weight excluding hydrogens is 222 g/mol. The molecule has 0 saturated carbocycles. The van der Waals surface area contributed by atoms with Gasteiger partial charge in [0.1, 0.15) is 6.67 Å². The highest BCUT2D eigenvalue weighted by molar-refractivity contribution is 5.53. The van der Waals surface area contributed by atoms with E-state index < -0.39 is 0 Å². The summed E-state index contributed by atoms with van der Waals surface area (Å²) in [6.07, 6.45) is 0.299. The third-order valence-electron chi connectivity index (χ3n) is 3.26. The van der Waals surface area contributed by atoms with Crippen LogP contribution in [-0.4, -0.2) is 12.8 Å². The number of anilines is 2. The summed E-state index contributed by atoms with van der Waals surface area (Å²) < 4.78 is 0. The van der Waals surface area contributed by atoms with Crippen molar-refractivity contribution in [2.24, 2.45) is 0 Å². The van der Waals surface area contributed by atoms with Gasteiger partial charge in [0, 0.05) is 5.69 Å². The number of hydrogen-bond acceptors (Lipinski definition) is 3. The number of benzene rings is 2.